The Bertz CT molecular complexity index is 459. The molecule has 0 atom stereocenters. The molecule has 2 rings (SSSR count). The van der Waals surface area contributed by atoms with E-state index in [1.165, 1.54) is 6.33 Å². The minimum absolute atomic E-state index is 0.470. The van der Waals surface area contributed by atoms with E-state index < -0.39 is 0 Å². The van der Waals surface area contributed by atoms with Gasteiger partial charge < -0.3 is 0 Å². The third-order valence-corrected chi connectivity index (χ3v) is 2.59. The van der Waals surface area contributed by atoms with Crippen LogP contribution in [0.25, 0.3) is 11.1 Å². The van der Waals surface area contributed by atoms with Gasteiger partial charge in [0.15, 0.2) is 0 Å². The first-order chi connectivity index (χ1) is 6.77. The highest BCUT2D eigenvalue weighted by Crippen LogP contribution is 2.26. The largest absolute Gasteiger partial charge is 0.244 e. The summed E-state index contributed by atoms with van der Waals surface area (Å²) in [6.45, 7) is 0. The molecule has 0 amide bonds. The Kier molecular flexibility index (Phi) is 2.79. The molecule has 1 aromatic heterocycles. The molecule has 0 unspecified atom stereocenters. The average molecular weight is 270 g/mol. The Hall–Kier alpha value is -0.930. The van der Waals surface area contributed by atoms with Gasteiger partial charge in [0.05, 0.1) is 0 Å². The molecule has 2 nitrogen and oxygen atoms in total. The predicted molar refractivity (Wildman–Crippen MR) is 60.2 cm³/mol. The zero-order valence-electron chi connectivity index (χ0n) is 7.11. The Morgan fingerprint density at radius 3 is 2.86 bits per heavy atom. The second-order valence-corrected chi connectivity index (χ2v) is 4.01. The average Bonchev–Trinajstić information content (AvgIpc) is 2.18. The van der Waals surface area contributed by atoms with Crippen LogP contribution in [0.3, 0.4) is 0 Å². The van der Waals surface area contributed by atoms with Crippen molar-refractivity contribution >= 4 is 27.5 Å². The maximum atomic E-state index is 5.94. The van der Waals surface area contributed by atoms with Gasteiger partial charge in [-0.25, -0.2) is 9.97 Å². The first-order valence-corrected chi connectivity index (χ1v) is 5.16. The van der Waals surface area contributed by atoms with Gasteiger partial charge in [0, 0.05) is 16.2 Å². The Morgan fingerprint density at radius 2 is 2.14 bits per heavy atom. The van der Waals surface area contributed by atoms with Gasteiger partial charge in [0.2, 0.25) is 0 Å². The molecule has 0 N–H and O–H groups in total. The number of hydrogen-bond acceptors (Lipinski definition) is 2. The molecule has 0 aliphatic rings. The van der Waals surface area contributed by atoms with E-state index in [0.717, 1.165) is 15.6 Å². The van der Waals surface area contributed by atoms with Crippen LogP contribution in [0, 0.1) is 0 Å². The summed E-state index contributed by atoms with van der Waals surface area (Å²) in [4.78, 5) is 7.86. The zero-order chi connectivity index (χ0) is 9.97. The predicted octanol–water partition coefficient (Wildman–Crippen LogP) is 3.56. The molecule has 0 radical (unpaired) electrons. The first kappa shape index (κ1) is 9.62. The van der Waals surface area contributed by atoms with E-state index in [-0.39, 0.29) is 0 Å². The highest BCUT2D eigenvalue weighted by molar-refractivity contribution is 9.10. The van der Waals surface area contributed by atoms with E-state index in [1.54, 1.807) is 6.20 Å². The van der Waals surface area contributed by atoms with Gasteiger partial charge in [-0.2, -0.15) is 0 Å². The zero-order valence-corrected chi connectivity index (χ0v) is 9.46. The van der Waals surface area contributed by atoms with Gasteiger partial charge in [-0.15, -0.1) is 0 Å². The Balaban J connectivity index is 2.55. The van der Waals surface area contributed by atoms with Crippen molar-refractivity contribution in [2.75, 3.05) is 0 Å². The lowest BCUT2D eigenvalue weighted by Gasteiger charge is -2.02. The van der Waals surface area contributed by atoms with Gasteiger partial charge in [0.1, 0.15) is 11.5 Å². The van der Waals surface area contributed by atoms with Gasteiger partial charge in [-0.05, 0) is 17.7 Å². The smallest absolute Gasteiger partial charge is 0.140 e. The molecule has 0 bridgehead atoms. The third-order valence-electron chi connectivity index (χ3n) is 1.80. The number of benzene rings is 1. The second-order valence-electron chi connectivity index (χ2n) is 2.74. The summed E-state index contributed by atoms with van der Waals surface area (Å²) in [7, 11) is 0. The number of halogens is 2. The van der Waals surface area contributed by atoms with Crippen molar-refractivity contribution in [1.29, 1.82) is 0 Å². The van der Waals surface area contributed by atoms with Crippen LogP contribution in [0.5, 0.6) is 0 Å². The van der Waals surface area contributed by atoms with Crippen LogP contribution >= 0.6 is 27.5 Å². The van der Waals surface area contributed by atoms with Gasteiger partial charge in [0.25, 0.3) is 0 Å². The summed E-state index contributed by atoms with van der Waals surface area (Å²) in [5, 5.41) is 0.470. The van der Waals surface area contributed by atoms with Crippen molar-refractivity contribution in [3.8, 4) is 11.1 Å². The maximum absolute atomic E-state index is 5.94. The van der Waals surface area contributed by atoms with Crippen LogP contribution in [0.15, 0.2) is 41.3 Å². The topological polar surface area (TPSA) is 25.8 Å². The number of rotatable bonds is 1. The molecular formula is C10H6BrClN2. The van der Waals surface area contributed by atoms with Gasteiger partial charge in [-0.1, -0.05) is 39.7 Å². The minimum Gasteiger partial charge on any atom is -0.244 e. The normalized spacial score (nSPS) is 10.1. The standard InChI is InChI=1S/C10H6BrClN2/c11-8-3-1-2-7(4-8)9-5-13-6-14-10(9)12/h1-6H. The third kappa shape index (κ3) is 1.94. The van der Waals surface area contributed by atoms with Crippen LogP contribution in [0.1, 0.15) is 0 Å². The van der Waals surface area contributed by atoms with Crippen LogP contribution < -0.4 is 0 Å². The maximum Gasteiger partial charge on any atom is 0.140 e. The van der Waals surface area contributed by atoms with Gasteiger partial charge in [-0.3, -0.25) is 0 Å². The number of hydrogen-bond donors (Lipinski definition) is 0. The molecule has 0 aliphatic carbocycles. The summed E-state index contributed by atoms with van der Waals surface area (Å²) in [5.41, 5.74) is 1.85. The molecule has 70 valence electrons. The molecule has 0 fully saturated rings. The molecule has 1 aromatic carbocycles. The molecule has 0 spiro atoms. The highest BCUT2D eigenvalue weighted by Gasteiger charge is 2.03. The summed E-state index contributed by atoms with van der Waals surface area (Å²) in [5.74, 6) is 0. The van der Waals surface area contributed by atoms with E-state index in [1.807, 2.05) is 24.3 Å². The van der Waals surface area contributed by atoms with Crippen molar-refractivity contribution in [3.05, 3.63) is 46.4 Å². The molecular weight excluding hydrogens is 263 g/mol. The molecule has 4 heteroatoms. The van der Waals surface area contributed by atoms with Gasteiger partial charge >= 0.3 is 0 Å². The van der Waals surface area contributed by atoms with E-state index in [4.69, 9.17) is 11.6 Å². The summed E-state index contributed by atoms with van der Waals surface area (Å²) >= 11 is 9.34. The van der Waals surface area contributed by atoms with E-state index in [9.17, 15) is 0 Å². The minimum atomic E-state index is 0.470. The molecule has 0 saturated heterocycles. The molecule has 2 aromatic rings. The van der Waals surface area contributed by atoms with Crippen molar-refractivity contribution in [2.24, 2.45) is 0 Å². The van der Waals surface area contributed by atoms with Crippen LogP contribution in [-0.4, -0.2) is 9.97 Å². The molecule has 0 aliphatic heterocycles. The Labute approximate surface area is 95.1 Å². The SMILES string of the molecule is Clc1ncncc1-c1cccc(Br)c1. The van der Waals surface area contributed by atoms with Crippen molar-refractivity contribution < 1.29 is 0 Å². The lowest BCUT2D eigenvalue weighted by molar-refractivity contribution is 1.17. The molecule has 0 saturated carbocycles. The quantitative estimate of drug-likeness (QED) is 0.740. The lowest BCUT2D eigenvalue weighted by atomic mass is 10.1. The first-order valence-electron chi connectivity index (χ1n) is 3.99. The van der Waals surface area contributed by atoms with Crippen molar-refractivity contribution in [1.82, 2.24) is 9.97 Å². The Morgan fingerprint density at radius 1 is 1.29 bits per heavy atom. The van der Waals surface area contributed by atoms with Crippen LogP contribution in [0.4, 0.5) is 0 Å². The number of nitrogens with zero attached hydrogens (tertiary/aromatic N) is 2. The number of aromatic nitrogens is 2. The summed E-state index contributed by atoms with van der Waals surface area (Å²) in [6, 6.07) is 7.85. The fourth-order valence-corrected chi connectivity index (χ4v) is 1.77. The van der Waals surface area contributed by atoms with Crippen molar-refractivity contribution in [3.63, 3.8) is 0 Å². The highest BCUT2D eigenvalue weighted by atomic mass is 79.9. The van der Waals surface area contributed by atoms with E-state index >= 15 is 0 Å². The fraction of sp³-hybridized carbons (Fsp3) is 0. The molecule has 1 heterocycles. The monoisotopic (exact) mass is 268 g/mol. The second kappa shape index (κ2) is 4.07. The summed E-state index contributed by atoms with van der Waals surface area (Å²) in [6.07, 6.45) is 3.14. The van der Waals surface area contributed by atoms with E-state index in [2.05, 4.69) is 25.9 Å². The van der Waals surface area contributed by atoms with Crippen molar-refractivity contribution in [2.45, 2.75) is 0 Å². The molecule has 14 heavy (non-hydrogen) atoms. The lowest BCUT2D eigenvalue weighted by Crippen LogP contribution is -1.84. The fourth-order valence-electron chi connectivity index (χ4n) is 1.16. The summed E-state index contributed by atoms with van der Waals surface area (Å²) < 4.78 is 1.01. The van der Waals surface area contributed by atoms with E-state index in [0.29, 0.717) is 5.15 Å². The van der Waals surface area contributed by atoms with Crippen LogP contribution in [-0.2, 0) is 0 Å². The van der Waals surface area contributed by atoms with Crippen LogP contribution in [0.2, 0.25) is 5.15 Å².